The molecule has 16 heavy (non-hydrogen) atoms. The van der Waals surface area contributed by atoms with Gasteiger partial charge in [0.15, 0.2) is 11.4 Å². The van der Waals surface area contributed by atoms with Gasteiger partial charge in [-0.1, -0.05) is 38.5 Å². The predicted molar refractivity (Wildman–Crippen MR) is 63.0 cm³/mol. The van der Waals surface area contributed by atoms with E-state index >= 15 is 0 Å². The van der Waals surface area contributed by atoms with Gasteiger partial charge in [-0.25, -0.2) is 0 Å². The van der Waals surface area contributed by atoms with E-state index in [2.05, 4.69) is 13.8 Å². The summed E-state index contributed by atoms with van der Waals surface area (Å²) in [5.74, 6) is 0.802. The second kappa shape index (κ2) is 4.44. The summed E-state index contributed by atoms with van der Waals surface area (Å²) >= 11 is 0. The van der Waals surface area contributed by atoms with Crippen LogP contribution in [0.5, 0.6) is 5.75 Å². The first-order chi connectivity index (χ1) is 7.74. The second-order valence-electron chi connectivity index (χ2n) is 4.30. The Balaban J connectivity index is 2.37. The van der Waals surface area contributed by atoms with Gasteiger partial charge in [0.1, 0.15) is 0 Å². The molecule has 1 aliphatic heterocycles. The molecular weight excluding hydrogens is 202 g/mol. The summed E-state index contributed by atoms with van der Waals surface area (Å²) in [6.07, 6.45) is 2.81. The third-order valence-corrected chi connectivity index (χ3v) is 3.35. The van der Waals surface area contributed by atoms with E-state index in [4.69, 9.17) is 15.5 Å². The predicted octanol–water partition coefficient (Wildman–Crippen LogP) is 2.74. The number of para-hydroxylation sites is 1. The van der Waals surface area contributed by atoms with Crippen molar-refractivity contribution in [1.29, 1.82) is 0 Å². The normalized spacial score (nSPS) is 24.9. The van der Waals surface area contributed by atoms with Gasteiger partial charge in [0, 0.05) is 11.6 Å². The topological polar surface area (TPSA) is 44.5 Å². The highest BCUT2D eigenvalue weighted by molar-refractivity contribution is 5.41. The van der Waals surface area contributed by atoms with Gasteiger partial charge in [0.25, 0.3) is 0 Å². The summed E-state index contributed by atoms with van der Waals surface area (Å²) in [5.41, 5.74) is 6.86. The van der Waals surface area contributed by atoms with Gasteiger partial charge in [-0.2, -0.15) is 4.89 Å². The Morgan fingerprint density at radius 1 is 1.31 bits per heavy atom. The van der Waals surface area contributed by atoms with Crippen molar-refractivity contribution in [3.63, 3.8) is 0 Å². The quantitative estimate of drug-likeness (QED) is 0.795. The standard InChI is InChI=1S/C13H19NO2/c1-3-7-12(14)13(4-2)10-8-5-6-9-11(10)15-16-13/h5-6,8-9,12H,3-4,7,14H2,1-2H3. The van der Waals surface area contributed by atoms with Crippen LogP contribution < -0.4 is 10.6 Å². The van der Waals surface area contributed by atoms with Crippen LogP contribution in [0.4, 0.5) is 0 Å². The molecule has 0 saturated carbocycles. The summed E-state index contributed by atoms with van der Waals surface area (Å²) < 4.78 is 0. The van der Waals surface area contributed by atoms with Crippen molar-refractivity contribution < 1.29 is 9.78 Å². The Morgan fingerprint density at radius 2 is 2.06 bits per heavy atom. The lowest BCUT2D eigenvalue weighted by molar-refractivity contribution is -0.281. The van der Waals surface area contributed by atoms with E-state index in [1.165, 1.54) is 0 Å². The maximum Gasteiger partial charge on any atom is 0.171 e. The molecule has 0 fully saturated rings. The molecule has 3 nitrogen and oxygen atoms in total. The van der Waals surface area contributed by atoms with E-state index in [0.29, 0.717) is 0 Å². The fourth-order valence-corrected chi connectivity index (χ4v) is 2.37. The van der Waals surface area contributed by atoms with Gasteiger partial charge in [0.05, 0.1) is 0 Å². The first-order valence-electron chi connectivity index (χ1n) is 5.95. The number of rotatable bonds is 4. The molecule has 3 heteroatoms. The fraction of sp³-hybridized carbons (Fsp3) is 0.538. The van der Waals surface area contributed by atoms with Crippen LogP contribution in [0, 0.1) is 0 Å². The van der Waals surface area contributed by atoms with E-state index < -0.39 is 5.60 Å². The van der Waals surface area contributed by atoms with Gasteiger partial charge in [-0.05, 0) is 18.9 Å². The molecule has 2 rings (SSSR count). The Kier molecular flexibility index (Phi) is 3.17. The third-order valence-electron chi connectivity index (χ3n) is 3.35. The number of benzene rings is 1. The Hall–Kier alpha value is -1.06. The van der Waals surface area contributed by atoms with E-state index in [1.807, 2.05) is 24.3 Å². The lowest BCUT2D eigenvalue weighted by Crippen LogP contribution is -2.45. The van der Waals surface area contributed by atoms with Crippen molar-refractivity contribution in [2.75, 3.05) is 0 Å². The lowest BCUT2D eigenvalue weighted by atomic mass is 9.82. The van der Waals surface area contributed by atoms with Crippen LogP contribution in [0.3, 0.4) is 0 Å². The van der Waals surface area contributed by atoms with Crippen LogP contribution in [-0.4, -0.2) is 6.04 Å². The van der Waals surface area contributed by atoms with Crippen LogP contribution in [0.1, 0.15) is 38.7 Å². The monoisotopic (exact) mass is 221 g/mol. The van der Waals surface area contributed by atoms with Crippen LogP contribution in [-0.2, 0) is 10.5 Å². The molecular formula is C13H19NO2. The lowest BCUT2D eigenvalue weighted by Gasteiger charge is -2.30. The Morgan fingerprint density at radius 3 is 2.75 bits per heavy atom. The number of fused-ring (bicyclic) bond motifs is 1. The molecule has 0 aliphatic carbocycles. The molecule has 0 saturated heterocycles. The number of nitrogens with two attached hydrogens (primary N) is 1. The van der Waals surface area contributed by atoms with E-state index in [-0.39, 0.29) is 6.04 Å². The second-order valence-corrected chi connectivity index (χ2v) is 4.30. The molecule has 1 aromatic rings. The largest absolute Gasteiger partial charge is 0.336 e. The fourth-order valence-electron chi connectivity index (χ4n) is 2.37. The van der Waals surface area contributed by atoms with Crippen molar-refractivity contribution in [2.24, 2.45) is 5.73 Å². The molecule has 1 aromatic carbocycles. The summed E-state index contributed by atoms with van der Waals surface area (Å²) in [6.45, 7) is 4.21. The van der Waals surface area contributed by atoms with Crippen LogP contribution in [0.25, 0.3) is 0 Å². The van der Waals surface area contributed by atoms with E-state index in [9.17, 15) is 0 Å². The zero-order chi connectivity index (χ0) is 11.6. The van der Waals surface area contributed by atoms with E-state index in [0.717, 1.165) is 30.6 Å². The van der Waals surface area contributed by atoms with Crippen molar-refractivity contribution in [3.05, 3.63) is 29.8 Å². The molecule has 0 bridgehead atoms. The van der Waals surface area contributed by atoms with Gasteiger partial charge in [-0.3, -0.25) is 0 Å². The first-order valence-corrected chi connectivity index (χ1v) is 5.95. The van der Waals surface area contributed by atoms with Crippen molar-refractivity contribution in [1.82, 2.24) is 0 Å². The van der Waals surface area contributed by atoms with Crippen LogP contribution >= 0.6 is 0 Å². The smallest absolute Gasteiger partial charge is 0.171 e. The molecule has 0 radical (unpaired) electrons. The highest BCUT2D eigenvalue weighted by Crippen LogP contribution is 2.44. The summed E-state index contributed by atoms with van der Waals surface area (Å²) in [4.78, 5) is 10.8. The maximum absolute atomic E-state index is 6.24. The maximum atomic E-state index is 6.24. The summed E-state index contributed by atoms with van der Waals surface area (Å²) in [7, 11) is 0. The minimum Gasteiger partial charge on any atom is -0.336 e. The third kappa shape index (κ3) is 1.60. The van der Waals surface area contributed by atoms with Crippen molar-refractivity contribution in [3.8, 4) is 5.75 Å². The highest BCUT2D eigenvalue weighted by atomic mass is 17.2. The minimum atomic E-state index is -0.466. The SMILES string of the molecule is CCCC(N)C1(CC)OOc2ccccc21. The van der Waals surface area contributed by atoms with Crippen molar-refractivity contribution >= 4 is 0 Å². The average Bonchev–Trinajstić information content (AvgIpc) is 2.69. The molecule has 0 aromatic heterocycles. The minimum absolute atomic E-state index is 0.0221. The first kappa shape index (κ1) is 11.4. The Bertz CT molecular complexity index is 367. The highest BCUT2D eigenvalue weighted by Gasteiger charge is 2.46. The average molecular weight is 221 g/mol. The molecule has 1 aliphatic rings. The number of hydrogen-bond donors (Lipinski definition) is 1. The van der Waals surface area contributed by atoms with Gasteiger partial charge < -0.3 is 10.6 Å². The molecule has 2 unspecified atom stereocenters. The van der Waals surface area contributed by atoms with E-state index in [1.54, 1.807) is 0 Å². The number of hydrogen-bond acceptors (Lipinski definition) is 3. The van der Waals surface area contributed by atoms with Gasteiger partial charge in [-0.15, -0.1) is 0 Å². The molecule has 2 N–H and O–H groups in total. The van der Waals surface area contributed by atoms with Crippen LogP contribution in [0.2, 0.25) is 0 Å². The molecule has 88 valence electrons. The van der Waals surface area contributed by atoms with Gasteiger partial charge >= 0.3 is 0 Å². The van der Waals surface area contributed by atoms with Gasteiger partial charge in [0.2, 0.25) is 0 Å². The zero-order valence-corrected chi connectivity index (χ0v) is 9.90. The van der Waals surface area contributed by atoms with Crippen molar-refractivity contribution in [2.45, 2.75) is 44.8 Å². The molecule has 0 amide bonds. The molecule has 1 heterocycles. The zero-order valence-electron chi connectivity index (χ0n) is 9.90. The summed E-state index contributed by atoms with van der Waals surface area (Å²) in [5, 5.41) is 0. The Labute approximate surface area is 96.5 Å². The summed E-state index contributed by atoms with van der Waals surface area (Å²) in [6, 6.07) is 7.89. The molecule has 0 spiro atoms. The molecule has 2 atom stereocenters. The van der Waals surface area contributed by atoms with Crippen LogP contribution in [0.15, 0.2) is 24.3 Å².